The van der Waals surface area contributed by atoms with Crippen LogP contribution in [0.2, 0.25) is 0 Å². The van der Waals surface area contributed by atoms with Crippen molar-refractivity contribution in [3.63, 3.8) is 0 Å². The monoisotopic (exact) mass is 119 g/mol. The smallest absolute Gasteiger partial charge is 1.00 e. The van der Waals surface area contributed by atoms with Gasteiger partial charge in [-0.05, 0) is 19.1 Å². The first-order valence-electron chi connectivity index (χ1n) is 2.38. The van der Waals surface area contributed by atoms with Crippen molar-refractivity contribution in [3.05, 3.63) is 24.0 Å². The SMILES string of the molecule is Cc1cccn1C.[H-].[Na+]. The Morgan fingerprint density at radius 1 is 1.62 bits per heavy atom. The molecule has 0 atom stereocenters. The molecule has 0 aromatic carbocycles. The van der Waals surface area contributed by atoms with Crippen molar-refractivity contribution in [1.82, 2.24) is 4.57 Å². The van der Waals surface area contributed by atoms with E-state index in [-0.39, 0.29) is 31.0 Å². The fourth-order valence-corrected chi connectivity index (χ4v) is 0.547. The Hall–Kier alpha value is 0.280. The fourth-order valence-electron chi connectivity index (χ4n) is 0.547. The predicted octanol–water partition coefficient (Wildman–Crippen LogP) is -1.55. The summed E-state index contributed by atoms with van der Waals surface area (Å²) in [6.07, 6.45) is 2.04. The molecule has 0 aliphatic rings. The molecule has 1 rings (SSSR count). The number of rotatable bonds is 0. The molecule has 8 heavy (non-hydrogen) atoms. The summed E-state index contributed by atoms with van der Waals surface area (Å²) >= 11 is 0. The molecule has 0 saturated carbocycles. The van der Waals surface area contributed by atoms with Gasteiger partial charge >= 0.3 is 29.6 Å². The van der Waals surface area contributed by atoms with Crippen LogP contribution in [0.25, 0.3) is 0 Å². The molecule has 0 amide bonds. The molecule has 1 nitrogen and oxygen atoms in total. The number of aromatic nitrogens is 1. The van der Waals surface area contributed by atoms with Crippen LogP contribution in [-0.4, -0.2) is 4.57 Å². The molecule has 0 unspecified atom stereocenters. The van der Waals surface area contributed by atoms with Crippen LogP contribution in [0.15, 0.2) is 18.3 Å². The summed E-state index contributed by atoms with van der Waals surface area (Å²) in [5.41, 5.74) is 1.31. The van der Waals surface area contributed by atoms with Gasteiger partial charge in [-0.2, -0.15) is 0 Å². The summed E-state index contributed by atoms with van der Waals surface area (Å²) in [4.78, 5) is 0. The number of aryl methyl sites for hydroxylation is 2. The third kappa shape index (κ3) is 1.66. The third-order valence-corrected chi connectivity index (χ3v) is 1.20. The van der Waals surface area contributed by atoms with E-state index in [0.717, 1.165) is 0 Å². The first kappa shape index (κ1) is 8.28. The van der Waals surface area contributed by atoms with E-state index in [1.807, 2.05) is 19.3 Å². The molecule has 1 heterocycles. The maximum Gasteiger partial charge on any atom is 1.00 e. The van der Waals surface area contributed by atoms with Gasteiger partial charge in [0.05, 0.1) is 0 Å². The summed E-state index contributed by atoms with van der Waals surface area (Å²) < 4.78 is 2.08. The van der Waals surface area contributed by atoms with Gasteiger partial charge in [-0.3, -0.25) is 0 Å². The molecule has 0 fully saturated rings. The third-order valence-electron chi connectivity index (χ3n) is 1.20. The van der Waals surface area contributed by atoms with Crippen molar-refractivity contribution in [1.29, 1.82) is 0 Å². The fraction of sp³-hybridized carbons (Fsp3) is 0.333. The zero-order chi connectivity index (χ0) is 5.28. The van der Waals surface area contributed by atoms with Gasteiger partial charge in [0.25, 0.3) is 0 Å². The molecule has 0 aliphatic carbocycles. The average molecular weight is 119 g/mol. The molecule has 40 valence electrons. The number of hydrogen-bond donors (Lipinski definition) is 0. The number of nitrogens with zero attached hydrogens (tertiary/aromatic N) is 1. The minimum Gasteiger partial charge on any atom is -1.00 e. The van der Waals surface area contributed by atoms with Gasteiger partial charge in [-0.1, -0.05) is 0 Å². The van der Waals surface area contributed by atoms with E-state index >= 15 is 0 Å². The minimum absolute atomic E-state index is 0. The van der Waals surface area contributed by atoms with Gasteiger partial charge in [0, 0.05) is 18.9 Å². The van der Waals surface area contributed by atoms with Gasteiger partial charge in [0.15, 0.2) is 0 Å². The van der Waals surface area contributed by atoms with Crippen LogP contribution in [0.5, 0.6) is 0 Å². The summed E-state index contributed by atoms with van der Waals surface area (Å²) in [6, 6.07) is 4.12. The Bertz CT molecular complexity index is 145. The molecule has 1 aromatic rings. The van der Waals surface area contributed by atoms with Crippen LogP contribution in [0.4, 0.5) is 0 Å². The maximum absolute atomic E-state index is 2.08. The van der Waals surface area contributed by atoms with E-state index < -0.39 is 0 Å². The van der Waals surface area contributed by atoms with Crippen LogP contribution in [0, 0.1) is 6.92 Å². The van der Waals surface area contributed by atoms with Crippen LogP contribution in [0.1, 0.15) is 7.12 Å². The van der Waals surface area contributed by atoms with E-state index in [1.165, 1.54) is 5.69 Å². The second-order valence-corrected chi connectivity index (χ2v) is 1.76. The second kappa shape index (κ2) is 3.33. The van der Waals surface area contributed by atoms with Gasteiger partial charge < -0.3 is 5.99 Å². The largest absolute Gasteiger partial charge is 1.00 e. The maximum atomic E-state index is 2.08. The van der Waals surface area contributed by atoms with Crippen molar-refractivity contribution < 1.29 is 31.0 Å². The molecule has 1 aromatic heterocycles. The standard InChI is InChI=1S/C6H9N.Na.H/c1-6-4-3-5-7(6)2;;/h3-5H,1-2H3;;/q;+1;-1. The second-order valence-electron chi connectivity index (χ2n) is 1.76. The molecule has 2 heteroatoms. The van der Waals surface area contributed by atoms with Gasteiger partial charge in [0.1, 0.15) is 0 Å². The summed E-state index contributed by atoms with van der Waals surface area (Å²) in [5, 5.41) is 0. The van der Waals surface area contributed by atoms with Gasteiger partial charge in [0.2, 0.25) is 0 Å². The molecule has 0 spiro atoms. The molecule has 0 bridgehead atoms. The van der Waals surface area contributed by atoms with E-state index in [4.69, 9.17) is 0 Å². The quantitative estimate of drug-likeness (QED) is 0.364. The molecular weight excluding hydrogens is 109 g/mol. The van der Waals surface area contributed by atoms with Crippen molar-refractivity contribution in [2.75, 3.05) is 0 Å². The van der Waals surface area contributed by atoms with Crippen molar-refractivity contribution in [2.24, 2.45) is 7.05 Å². The van der Waals surface area contributed by atoms with Crippen molar-refractivity contribution in [2.45, 2.75) is 6.92 Å². The van der Waals surface area contributed by atoms with E-state index in [1.54, 1.807) is 0 Å². The van der Waals surface area contributed by atoms with Gasteiger partial charge in [-0.25, -0.2) is 0 Å². The van der Waals surface area contributed by atoms with Crippen LogP contribution in [0.3, 0.4) is 0 Å². The zero-order valence-electron chi connectivity index (χ0n) is 6.68. The van der Waals surface area contributed by atoms with E-state index in [9.17, 15) is 0 Å². The summed E-state index contributed by atoms with van der Waals surface area (Å²) in [6.45, 7) is 2.08. The Balaban J connectivity index is 0. The first-order chi connectivity index (χ1) is 3.30. The molecule has 0 N–H and O–H groups in total. The van der Waals surface area contributed by atoms with Crippen molar-refractivity contribution >= 4 is 0 Å². The zero-order valence-corrected chi connectivity index (χ0v) is 7.68. The molecule has 0 saturated heterocycles. The van der Waals surface area contributed by atoms with Crippen LogP contribution >= 0.6 is 0 Å². The average Bonchev–Trinajstić information content (AvgIpc) is 1.91. The summed E-state index contributed by atoms with van der Waals surface area (Å²) in [5.74, 6) is 0. The molecule has 0 aliphatic heterocycles. The Kier molecular flexibility index (Phi) is 3.45. The van der Waals surface area contributed by atoms with E-state index in [2.05, 4.69) is 17.6 Å². The Labute approximate surface area is 73.5 Å². The van der Waals surface area contributed by atoms with Crippen LogP contribution in [-0.2, 0) is 7.05 Å². The van der Waals surface area contributed by atoms with Crippen molar-refractivity contribution in [3.8, 4) is 0 Å². The number of hydrogen-bond acceptors (Lipinski definition) is 0. The Morgan fingerprint density at radius 3 is 2.38 bits per heavy atom. The van der Waals surface area contributed by atoms with Gasteiger partial charge in [-0.15, -0.1) is 0 Å². The minimum atomic E-state index is 0. The first-order valence-corrected chi connectivity index (χ1v) is 2.38. The summed E-state index contributed by atoms with van der Waals surface area (Å²) in [7, 11) is 2.04. The molecule has 0 radical (unpaired) electrons. The van der Waals surface area contributed by atoms with E-state index in [0.29, 0.717) is 0 Å². The normalized spacial score (nSPS) is 8.25. The molecular formula is C6H10NNa. The van der Waals surface area contributed by atoms with Crippen LogP contribution < -0.4 is 29.6 Å². The topological polar surface area (TPSA) is 4.93 Å². The Morgan fingerprint density at radius 2 is 2.25 bits per heavy atom. The predicted molar refractivity (Wildman–Crippen MR) is 31.3 cm³/mol.